The van der Waals surface area contributed by atoms with E-state index in [0.29, 0.717) is 6.04 Å². The van der Waals surface area contributed by atoms with Crippen molar-refractivity contribution < 1.29 is 5.11 Å². The molecule has 1 atom stereocenters. The lowest BCUT2D eigenvalue weighted by molar-refractivity contribution is 0.268. The molecule has 0 aliphatic rings. The molecule has 4 nitrogen and oxygen atoms in total. The second kappa shape index (κ2) is 5.46. The molecule has 0 amide bonds. The lowest BCUT2D eigenvalue weighted by atomic mass is 10.1. The van der Waals surface area contributed by atoms with Gasteiger partial charge in [0.05, 0.1) is 11.7 Å². The van der Waals surface area contributed by atoms with Crippen LogP contribution in [0, 0.1) is 0 Å². The quantitative estimate of drug-likeness (QED) is 0.798. The van der Waals surface area contributed by atoms with E-state index in [4.69, 9.17) is 5.11 Å². The monoisotopic (exact) mass is 225 g/mol. The highest BCUT2D eigenvalue weighted by molar-refractivity contribution is 5.05. The lowest BCUT2D eigenvalue weighted by Gasteiger charge is -2.18. The molecule has 1 aromatic rings. The summed E-state index contributed by atoms with van der Waals surface area (Å²) in [4.78, 5) is 0. The summed E-state index contributed by atoms with van der Waals surface area (Å²) >= 11 is 0. The van der Waals surface area contributed by atoms with Gasteiger partial charge in [-0.3, -0.25) is 4.68 Å². The van der Waals surface area contributed by atoms with Crippen LogP contribution < -0.4 is 5.32 Å². The Balaban J connectivity index is 2.47. The van der Waals surface area contributed by atoms with Gasteiger partial charge in [0.15, 0.2) is 0 Å². The van der Waals surface area contributed by atoms with Crippen molar-refractivity contribution in [2.45, 2.75) is 52.2 Å². The number of rotatable bonds is 5. The van der Waals surface area contributed by atoms with Crippen molar-refractivity contribution >= 4 is 0 Å². The molecule has 0 radical (unpaired) electrons. The summed E-state index contributed by atoms with van der Waals surface area (Å²) < 4.78 is 1.97. The van der Waals surface area contributed by atoms with E-state index in [1.807, 2.05) is 10.9 Å². The fourth-order valence-corrected chi connectivity index (χ4v) is 1.41. The summed E-state index contributed by atoms with van der Waals surface area (Å²) in [6, 6.07) is 0.336. The van der Waals surface area contributed by atoms with Gasteiger partial charge in [-0.25, -0.2) is 0 Å². The van der Waals surface area contributed by atoms with Crippen molar-refractivity contribution in [3.63, 3.8) is 0 Å². The molecule has 0 fully saturated rings. The fraction of sp³-hybridized carbons (Fsp3) is 0.750. The fourth-order valence-electron chi connectivity index (χ4n) is 1.41. The van der Waals surface area contributed by atoms with Crippen molar-refractivity contribution in [2.75, 3.05) is 6.61 Å². The van der Waals surface area contributed by atoms with Gasteiger partial charge in [0.1, 0.15) is 0 Å². The second-order valence-corrected chi connectivity index (χ2v) is 5.26. The standard InChI is InChI=1S/C12H23N3O/c1-10(5-6-16)13-7-11-8-14-15(9-11)12(2,3)4/h8-10,13,16H,5-7H2,1-4H3. The molecule has 4 heteroatoms. The maximum atomic E-state index is 8.79. The van der Waals surface area contributed by atoms with Crippen LogP contribution in [-0.4, -0.2) is 27.5 Å². The van der Waals surface area contributed by atoms with Crippen LogP contribution in [0.25, 0.3) is 0 Å². The van der Waals surface area contributed by atoms with Gasteiger partial charge in [0.25, 0.3) is 0 Å². The molecule has 0 saturated carbocycles. The van der Waals surface area contributed by atoms with E-state index in [0.717, 1.165) is 13.0 Å². The minimum atomic E-state index is 0.0367. The Bertz CT molecular complexity index is 314. The third kappa shape index (κ3) is 3.94. The highest BCUT2D eigenvalue weighted by Crippen LogP contribution is 2.13. The van der Waals surface area contributed by atoms with Crippen LogP contribution in [0.4, 0.5) is 0 Å². The first-order valence-corrected chi connectivity index (χ1v) is 5.81. The second-order valence-electron chi connectivity index (χ2n) is 5.26. The van der Waals surface area contributed by atoms with E-state index < -0.39 is 0 Å². The van der Waals surface area contributed by atoms with Gasteiger partial charge in [-0.05, 0) is 34.1 Å². The van der Waals surface area contributed by atoms with Crippen molar-refractivity contribution in [3.05, 3.63) is 18.0 Å². The van der Waals surface area contributed by atoms with Crippen molar-refractivity contribution in [1.82, 2.24) is 15.1 Å². The van der Waals surface area contributed by atoms with Crippen LogP contribution in [0.3, 0.4) is 0 Å². The zero-order valence-electron chi connectivity index (χ0n) is 10.7. The molecule has 0 spiro atoms. The number of aromatic nitrogens is 2. The summed E-state index contributed by atoms with van der Waals surface area (Å²) in [5.41, 5.74) is 1.22. The van der Waals surface area contributed by atoms with Crippen molar-refractivity contribution in [1.29, 1.82) is 0 Å². The molecule has 92 valence electrons. The molecule has 16 heavy (non-hydrogen) atoms. The molecule has 1 unspecified atom stereocenters. The van der Waals surface area contributed by atoms with E-state index in [2.05, 4.69) is 44.3 Å². The SMILES string of the molecule is CC(CCO)NCc1cnn(C(C)(C)C)c1. The van der Waals surface area contributed by atoms with E-state index in [1.54, 1.807) is 0 Å². The zero-order valence-corrected chi connectivity index (χ0v) is 10.7. The first-order chi connectivity index (χ1) is 7.43. The summed E-state index contributed by atoms with van der Waals surface area (Å²) in [5.74, 6) is 0. The van der Waals surface area contributed by atoms with Crippen LogP contribution >= 0.6 is 0 Å². The van der Waals surface area contributed by atoms with Gasteiger partial charge >= 0.3 is 0 Å². The van der Waals surface area contributed by atoms with E-state index >= 15 is 0 Å². The Hall–Kier alpha value is -0.870. The molecule has 0 saturated heterocycles. The number of aliphatic hydroxyl groups excluding tert-OH is 1. The van der Waals surface area contributed by atoms with Gasteiger partial charge in [0.2, 0.25) is 0 Å². The van der Waals surface area contributed by atoms with E-state index in [1.165, 1.54) is 5.56 Å². The average Bonchev–Trinajstić information content (AvgIpc) is 2.63. The van der Waals surface area contributed by atoms with Crippen molar-refractivity contribution in [3.8, 4) is 0 Å². The van der Waals surface area contributed by atoms with Gasteiger partial charge in [-0.2, -0.15) is 5.10 Å². The third-order valence-electron chi connectivity index (χ3n) is 2.54. The number of nitrogens with zero attached hydrogens (tertiary/aromatic N) is 2. The molecule has 0 bridgehead atoms. The largest absolute Gasteiger partial charge is 0.396 e. The number of aliphatic hydroxyl groups is 1. The first-order valence-electron chi connectivity index (χ1n) is 5.81. The number of nitrogens with one attached hydrogen (secondary N) is 1. The lowest BCUT2D eigenvalue weighted by Crippen LogP contribution is -2.26. The molecule has 2 N–H and O–H groups in total. The van der Waals surface area contributed by atoms with Crippen LogP contribution in [0.5, 0.6) is 0 Å². The summed E-state index contributed by atoms with van der Waals surface area (Å²) in [5, 5.41) is 16.5. The summed E-state index contributed by atoms with van der Waals surface area (Å²) in [6.07, 6.45) is 4.75. The Morgan fingerprint density at radius 2 is 2.19 bits per heavy atom. The molecule has 1 heterocycles. The topological polar surface area (TPSA) is 50.1 Å². The van der Waals surface area contributed by atoms with Gasteiger partial charge < -0.3 is 10.4 Å². The molecule has 0 aliphatic carbocycles. The van der Waals surface area contributed by atoms with Gasteiger partial charge in [-0.15, -0.1) is 0 Å². The van der Waals surface area contributed by atoms with Crippen LogP contribution in [-0.2, 0) is 12.1 Å². The predicted octanol–water partition coefficient (Wildman–Crippen LogP) is 1.50. The van der Waals surface area contributed by atoms with Crippen LogP contribution in [0.2, 0.25) is 0 Å². The van der Waals surface area contributed by atoms with Crippen LogP contribution in [0.15, 0.2) is 12.4 Å². The molecule has 1 rings (SSSR count). The summed E-state index contributed by atoms with van der Waals surface area (Å²) in [7, 11) is 0. The Morgan fingerprint density at radius 1 is 1.50 bits per heavy atom. The Morgan fingerprint density at radius 3 is 2.69 bits per heavy atom. The van der Waals surface area contributed by atoms with Gasteiger partial charge in [0, 0.05) is 31.0 Å². The molecule has 1 aromatic heterocycles. The zero-order chi connectivity index (χ0) is 12.2. The first kappa shape index (κ1) is 13.2. The minimum Gasteiger partial charge on any atom is -0.396 e. The third-order valence-corrected chi connectivity index (χ3v) is 2.54. The van der Waals surface area contributed by atoms with E-state index in [-0.39, 0.29) is 12.1 Å². The molecule has 0 aliphatic heterocycles. The molecule has 0 aromatic carbocycles. The maximum absolute atomic E-state index is 8.79. The van der Waals surface area contributed by atoms with Crippen molar-refractivity contribution in [2.24, 2.45) is 0 Å². The molecular weight excluding hydrogens is 202 g/mol. The highest BCUT2D eigenvalue weighted by Gasteiger charge is 2.13. The molecular formula is C12H23N3O. The smallest absolute Gasteiger partial charge is 0.0543 e. The Kier molecular flexibility index (Phi) is 4.50. The Labute approximate surface area is 97.7 Å². The predicted molar refractivity (Wildman–Crippen MR) is 65.2 cm³/mol. The van der Waals surface area contributed by atoms with Gasteiger partial charge in [-0.1, -0.05) is 0 Å². The van der Waals surface area contributed by atoms with E-state index in [9.17, 15) is 0 Å². The maximum Gasteiger partial charge on any atom is 0.0543 e. The van der Waals surface area contributed by atoms with Crippen LogP contribution in [0.1, 0.15) is 39.7 Å². The minimum absolute atomic E-state index is 0.0367. The average molecular weight is 225 g/mol. The number of hydrogen-bond acceptors (Lipinski definition) is 3. The summed E-state index contributed by atoms with van der Waals surface area (Å²) in [6.45, 7) is 9.50. The highest BCUT2D eigenvalue weighted by atomic mass is 16.3. The number of hydrogen-bond donors (Lipinski definition) is 2. The normalized spacial score (nSPS) is 14.1.